The van der Waals surface area contributed by atoms with E-state index in [9.17, 15) is 9.59 Å². The minimum Gasteiger partial charge on any atom is -0.338 e. The first-order valence-corrected chi connectivity index (χ1v) is 11.8. The van der Waals surface area contributed by atoms with Gasteiger partial charge in [0.15, 0.2) is 0 Å². The molecule has 0 unspecified atom stereocenters. The lowest BCUT2D eigenvalue weighted by atomic mass is 9.70. The van der Waals surface area contributed by atoms with Crippen LogP contribution < -0.4 is 0 Å². The molecular weight excluding hydrogens is 422 g/mol. The van der Waals surface area contributed by atoms with Gasteiger partial charge in [0.2, 0.25) is 5.91 Å². The molecule has 2 fully saturated rings. The standard InChI is InChI=1S/C24H27N5O2S/c1-17-6-7-21(32-17)22(30)29-15-19(20-8-11-26-27(20)2)24(16-29)9-4-12-28(23(24)31)14-18-5-3-10-25-13-18/h3,5-8,10-11,13,19H,4,9,12,14-16H2,1-2H3/t19-,24-/m0/s1. The van der Waals surface area contributed by atoms with Gasteiger partial charge in [-0.15, -0.1) is 11.3 Å². The highest BCUT2D eigenvalue weighted by atomic mass is 32.1. The predicted octanol–water partition coefficient (Wildman–Crippen LogP) is 3.23. The summed E-state index contributed by atoms with van der Waals surface area (Å²) < 4.78 is 1.85. The Morgan fingerprint density at radius 3 is 2.81 bits per heavy atom. The summed E-state index contributed by atoms with van der Waals surface area (Å²) in [5.41, 5.74) is 1.41. The van der Waals surface area contributed by atoms with Crippen molar-refractivity contribution in [2.24, 2.45) is 12.5 Å². The van der Waals surface area contributed by atoms with E-state index >= 15 is 0 Å². The number of carbonyl (C=O) groups excluding carboxylic acids is 2. The number of piperidine rings is 1. The number of pyridine rings is 1. The maximum Gasteiger partial charge on any atom is 0.263 e. The van der Waals surface area contributed by atoms with E-state index in [0.29, 0.717) is 19.6 Å². The van der Waals surface area contributed by atoms with Crippen LogP contribution in [0, 0.1) is 12.3 Å². The molecule has 2 amide bonds. The second-order valence-electron chi connectivity index (χ2n) is 8.88. The lowest BCUT2D eigenvalue weighted by Gasteiger charge is -2.42. The van der Waals surface area contributed by atoms with E-state index in [2.05, 4.69) is 10.1 Å². The molecule has 2 atom stereocenters. The summed E-state index contributed by atoms with van der Waals surface area (Å²) in [6.07, 6.45) is 7.03. The van der Waals surface area contributed by atoms with Crippen molar-refractivity contribution >= 4 is 23.2 Å². The summed E-state index contributed by atoms with van der Waals surface area (Å²) in [5, 5.41) is 4.36. The third-order valence-corrected chi connectivity index (χ3v) is 7.85. The van der Waals surface area contributed by atoms with Crippen LogP contribution in [-0.2, 0) is 18.4 Å². The van der Waals surface area contributed by atoms with Gasteiger partial charge in [-0.2, -0.15) is 5.10 Å². The highest BCUT2D eigenvalue weighted by Crippen LogP contribution is 2.50. The minimum absolute atomic E-state index is 0.0179. The van der Waals surface area contributed by atoms with Crippen molar-refractivity contribution in [2.75, 3.05) is 19.6 Å². The number of likely N-dealkylation sites (tertiary alicyclic amines) is 2. The van der Waals surface area contributed by atoms with Gasteiger partial charge in [-0.25, -0.2) is 0 Å². The fourth-order valence-electron chi connectivity index (χ4n) is 5.31. The molecule has 1 spiro atoms. The zero-order valence-corrected chi connectivity index (χ0v) is 19.2. The molecule has 8 heteroatoms. The lowest BCUT2D eigenvalue weighted by Crippen LogP contribution is -2.52. The molecule has 2 aliphatic heterocycles. The average Bonchev–Trinajstić information content (AvgIpc) is 3.51. The number of aryl methyl sites for hydroxylation is 2. The van der Waals surface area contributed by atoms with Crippen LogP contribution in [0.25, 0.3) is 0 Å². The molecule has 0 radical (unpaired) electrons. The second-order valence-corrected chi connectivity index (χ2v) is 10.2. The van der Waals surface area contributed by atoms with Gasteiger partial charge in [-0.05, 0) is 49.6 Å². The molecule has 3 aromatic rings. The number of rotatable bonds is 4. The molecule has 0 saturated carbocycles. The maximum atomic E-state index is 14.0. The van der Waals surface area contributed by atoms with E-state index in [1.54, 1.807) is 12.4 Å². The zero-order chi connectivity index (χ0) is 22.3. The van der Waals surface area contributed by atoms with Crippen molar-refractivity contribution in [3.8, 4) is 0 Å². The predicted molar refractivity (Wildman–Crippen MR) is 122 cm³/mol. The number of aromatic nitrogens is 3. The first kappa shape index (κ1) is 20.9. The third-order valence-electron chi connectivity index (χ3n) is 6.86. The summed E-state index contributed by atoms with van der Waals surface area (Å²) in [6, 6.07) is 9.76. The first-order valence-electron chi connectivity index (χ1n) is 11.0. The number of thiophene rings is 1. The van der Waals surface area contributed by atoms with Gasteiger partial charge in [0.25, 0.3) is 5.91 Å². The molecule has 166 valence electrons. The van der Waals surface area contributed by atoms with Crippen LogP contribution in [0.3, 0.4) is 0 Å². The average molecular weight is 450 g/mol. The summed E-state index contributed by atoms with van der Waals surface area (Å²) in [7, 11) is 1.91. The Labute approximate surface area is 191 Å². The van der Waals surface area contributed by atoms with Gasteiger partial charge < -0.3 is 9.80 Å². The Balaban J connectivity index is 1.49. The quantitative estimate of drug-likeness (QED) is 0.613. The van der Waals surface area contributed by atoms with Gasteiger partial charge in [0.05, 0.1) is 10.3 Å². The second kappa shape index (κ2) is 8.16. The molecule has 0 aromatic carbocycles. The molecule has 2 saturated heterocycles. The summed E-state index contributed by atoms with van der Waals surface area (Å²) in [4.78, 5) is 37.2. The molecule has 5 heterocycles. The van der Waals surface area contributed by atoms with Crippen LogP contribution in [0.4, 0.5) is 0 Å². The number of hydrogen-bond donors (Lipinski definition) is 0. The van der Waals surface area contributed by atoms with E-state index in [0.717, 1.165) is 40.4 Å². The Morgan fingerprint density at radius 1 is 1.25 bits per heavy atom. The van der Waals surface area contributed by atoms with Crippen molar-refractivity contribution in [1.29, 1.82) is 0 Å². The maximum absolute atomic E-state index is 14.0. The SMILES string of the molecule is Cc1ccc(C(=O)N2C[C@@H](c3ccnn3C)[C@]3(CCCN(Cc4cccnc4)C3=O)C2)s1. The van der Waals surface area contributed by atoms with Crippen LogP contribution in [0.5, 0.6) is 0 Å². The summed E-state index contributed by atoms with van der Waals surface area (Å²) >= 11 is 1.51. The largest absolute Gasteiger partial charge is 0.338 e. The highest BCUT2D eigenvalue weighted by Gasteiger charge is 2.57. The fraction of sp³-hybridized carbons (Fsp3) is 0.417. The highest BCUT2D eigenvalue weighted by molar-refractivity contribution is 7.13. The van der Waals surface area contributed by atoms with Gasteiger partial charge in [0.1, 0.15) is 0 Å². The van der Waals surface area contributed by atoms with Gasteiger partial charge >= 0.3 is 0 Å². The van der Waals surface area contributed by atoms with E-state index in [1.807, 2.05) is 65.0 Å². The van der Waals surface area contributed by atoms with Crippen molar-refractivity contribution in [2.45, 2.75) is 32.2 Å². The Bertz CT molecular complexity index is 1140. The first-order chi connectivity index (χ1) is 15.5. The van der Waals surface area contributed by atoms with Crippen LogP contribution in [0.2, 0.25) is 0 Å². The Hall–Kier alpha value is -3.00. The van der Waals surface area contributed by atoms with E-state index < -0.39 is 5.41 Å². The number of hydrogen-bond acceptors (Lipinski definition) is 5. The summed E-state index contributed by atoms with van der Waals surface area (Å²) in [6.45, 7) is 4.26. The van der Waals surface area contributed by atoms with Gasteiger partial charge in [0, 0.05) is 68.3 Å². The van der Waals surface area contributed by atoms with Gasteiger partial charge in [-0.1, -0.05) is 6.07 Å². The minimum atomic E-state index is -0.629. The van der Waals surface area contributed by atoms with Crippen LogP contribution in [0.15, 0.2) is 48.9 Å². The van der Waals surface area contributed by atoms with Crippen LogP contribution >= 0.6 is 11.3 Å². The number of amides is 2. The van der Waals surface area contributed by atoms with E-state index in [-0.39, 0.29) is 17.7 Å². The molecule has 0 N–H and O–H groups in total. The Kier molecular flexibility index (Phi) is 5.33. The number of carbonyl (C=O) groups is 2. The van der Waals surface area contributed by atoms with Crippen molar-refractivity contribution in [3.63, 3.8) is 0 Å². The zero-order valence-electron chi connectivity index (χ0n) is 18.4. The smallest absolute Gasteiger partial charge is 0.263 e. The van der Waals surface area contributed by atoms with E-state index in [4.69, 9.17) is 0 Å². The van der Waals surface area contributed by atoms with Crippen molar-refractivity contribution in [3.05, 3.63) is 69.9 Å². The van der Waals surface area contributed by atoms with Crippen LogP contribution in [-0.4, -0.2) is 56.0 Å². The molecule has 0 bridgehead atoms. The summed E-state index contributed by atoms with van der Waals surface area (Å²) in [5.74, 6) is 0.0741. The lowest BCUT2D eigenvalue weighted by molar-refractivity contribution is -0.147. The normalized spacial score (nSPS) is 23.3. The molecule has 32 heavy (non-hydrogen) atoms. The number of nitrogens with zero attached hydrogens (tertiary/aromatic N) is 5. The molecule has 7 nitrogen and oxygen atoms in total. The third kappa shape index (κ3) is 3.52. The van der Waals surface area contributed by atoms with Crippen LogP contribution in [0.1, 0.15) is 44.6 Å². The van der Waals surface area contributed by atoms with Gasteiger partial charge in [-0.3, -0.25) is 19.3 Å². The molecular formula is C24H27N5O2S. The molecule has 2 aliphatic rings. The molecule has 3 aromatic heterocycles. The van der Waals surface area contributed by atoms with Crippen molar-refractivity contribution < 1.29 is 9.59 Å². The van der Waals surface area contributed by atoms with Crippen molar-refractivity contribution in [1.82, 2.24) is 24.6 Å². The molecule has 0 aliphatic carbocycles. The topological polar surface area (TPSA) is 71.3 Å². The molecule has 5 rings (SSSR count). The van der Waals surface area contributed by atoms with E-state index in [1.165, 1.54) is 11.3 Å². The monoisotopic (exact) mass is 449 g/mol. The Morgan fingerprint density at radius 2 is 2.12 bits per heavy atom. The fourth-order valence-corrected chi connectivity index (χ4v) is 6.15.